The van der Waals surface area contributed by atoms with Gasteiger partial charge in [0.1, 0.15) is 17.5 Å². The molecule has 1 unspecified atom stereocenters. The number of amides is 1. The molecule has 0 aliphatic carbocycles. The summed E-state index contributed by atoms with van der Waals surface area (Å²) < 4.78 is 36.5. The van der Waals surface area contributed by atoms with Crippen molar-refractivity contribution in [2.45, 2.75) is 19.9 Å². The lowest BCUT2D eigenvalue weighted by atomic mass is 10.2. The van der Waals surface area contributed by atoms with Gasteiger partial charge in [-0.2, -0.15) is 0 Å². The van der Waals surface area contributed by atoms with Gasteiger partial charge in [-0.05, 0) is 49.7 Å². The number of rotatable bonds is 7. The zero-order valence-corrected chi connectivity index (χ0v) is 17.9. The Kier molecular flexibility index (Phi) is 6.79. The number of nitrogens with one attached hydrogen (secondary N) is 1. The van der Waals surface area contributed by atoms with Crippen LogP contribution in [0.25, 0.3) is 0 Å². The predicted molar refractivity (Wildman–Crippen MR) is 111 cm³/mol. The Balaban J connectivity index is 2.45. The molecule has 0 aliphatic heterocycles. The van der Waals surface area contributed by atoms with E-state index in [1.807, 2.05) is 13.0 Å². The Hall–Kier alpha value is -2.45. The van der Waals surface area contributed by atoms with Crippen LogP contribution in [0.4, 0.5) is 11.4 Å². The summed E-state index contributed by atoms with van der Waals surface area (Å²) in [7, 11) is -0.923. The van der Waals surface area contributed by atoms with Crippen LogP contribution < -0.4 is 19.1 Å². The molecule has 0 radical (unpaired) electrons. The number of aryl methyl sites for hydroxylation is 1. The van der Waals surface area contributed by atoms with Crippen LogP contribution >= 0.6 is 11.6 Å². The van der Waals surface area contributed by atoms with Gasteiger partial charge in [-0.3, -0.25) is 9.10 Å². The van der Waals surface area contributed by atoms with Crippen molar-refractivity contribution in [1.29, 1.82) is 0 Å². The van der Waals surface area contributed by atoms with Crippen molar-refractivity contribution in [2.75, 3.05) is 30.1 Å². The number of carbonyl (C=O) groups excluding carboxylic acids is 1. The lowest BCUT2D eigenvalue weighted by Crippen LogP contribution is -2.45. The van der Waals surface area contributed by atoms with Crippen molar-refractivity contribution >= 4 is 38.9 Å². The monoisotopic (exact) mass is 426 g/mol. The zero-order chi connectivity index (χ0) is 21.1. The molecule has 1 N–H and O–H groups in total. The minimum absolute atomic E-state index is 0.177. The van der Waals surface area contributed by atoms with E-state index in [1.165, 1.54) is 27.2 Å². The molecule has 0 fully saturated rings. The molecule has 1 amide bonds. The first-order valence-corrected chi connectivity index (χ1v) is 10.6. The normalized spacial score (nSPS) is 12.2. The summed E-state index contributed by atoms with van der Waals surface area (Å²) in [4.78, 5) is 12.9. The van der Waals surface area contributed by atoms with E-state index in [1.54, 1.807) is 24.3 Å². The third-order valence-corrected chi connectivity index (χ3v) is 5.54. The largest absolute Gasteiger partial charge is 0.495 e. The van der Waals surface area contributed by atoms with Gasteiger partial charge in [0.05, 0.1) is 31.9 Å². The van der Waals surface area contributed by atoms with E-state index in [4.69, 9.17) is 21.1 Å². The van der Waals surface area contributed by atoms with Gasteiger partial charge in [-0.25, -0.2) is 8.42 Å². The number of nitrogens with zero attached hydrogens (tertiary/aromatic N) is 1. The van der Waals surface area contributed by atoms with Gasteiger partial charge >= 0.3 is 0 Å². The number of ether oxygens (including phenoxy) is 2. The van der Waals surface area contributed by atoms with Crippen LogP contribution in [0.3, 0.4) is 0 Å². The molecule has 7 nitrogen and oxygen atoms in total. The fraction of sp³-hybridized carbons (Fsp3) is 0.316. The van der Waals surface area contributed by atoms with Crippen LogP contribution in [-0.2, 0) is 14.8 Å². The maximum atomic E-state index is 12.9. The quantitative estimate of drug-likeness (QED) is 0.732. The number of hydrogen-bond acceptors (Lipinski definition) is 5. The van der Waals surface area contributed by atoms with Gasteiger partial charge in [0.2, 0.25) is 15.9 Å². The third-order valence-electron chi connectivity index (χ3n) is 4.08. The Bertz CT molecular complexity index is 978. The highest BCUT2D eigenvalue weighted by Crippen LogP contribution is 2.34. The Morgan fingerprint density at radius 1 is 1.11 bits per heavy atom. The number of benzene rings is 2. The molecule has 0 aliphatic rings. The summed E-state index contributed by atoms with van der Waals surface area (Å²) in [5.74, 6) is 0.219. The number of methoxy groups -OCH3 is 2. The highest BCUT2D eigenvalue weighted by Gasteiger charge is 2.32. The van der Waals surface area contributed by atoms with Crippen LogP contribution in [0.1, 0.15) is 12.5 Å². The van der Waals surface area contributed by atoms with E-state index in [2.05, 4.69) is 5.32 Å². The second-order valence-electron chi connectivity index (χ2n) is 6.24. The van der Waals surface area contributed by atoms with Crippen LogP contribution in [0.5, 0.6) is 11.5 Å². The summed E-state index contributed by atoms with van der Waals surface area (Å²) in [6.45, 7) is 3.36. The van der Waals surface area contributed by atoms with Crippen molar-refractivity contribution in [3.63, 3.8) is 0 Å². The highest BCUT2D eigenvalue weighted by atomic mass is 35.5. The Morgan fingerprint density at radius 3 is 2.29 bits per heavy atom. The van der Waals surface area contributed by atoms with Crippen LogP contribution in [0, 0.1) is 6.92 Å². The number of sulfonamides is 1. The van der Waals surface area contributed by atoms with Gasteiger partial charge in [0.15, 0.2) is 0 Å². The molecule has 152 valence electrons. The van der Waals surface area contributed by atoms with Crippen molar-refractivity contribution in [3.8, 4) is 11.5 Å². The summed E-state index contributed by atoms with van der Waals surface area (Å²) >= 11 is 6.04. The summed E-state index contributed by atoms with van der Waals surface area (Å²) in [5, 5.41) is 3.05. The van der Waals surface area contributed by atoms with Crippen molar-refractivity contribution in [1.82, 2.24) is 0 Å². The third kappa shape index (κ3) is 4.88. The van der Waals surface area contributed by atoms with Gasteiger partial charge in [-0.15, -0.1) is 0 Å². The second-order valence-corrected chi connectivity index (χ2v) is 8.54. The molecule has 0 aromatic heterocycles. The molecule has 28 heavy (non-hydrogen) atoms. The molecular weight excluding hydrogens is 404 g/mol. The number of hydrogen-bond donors (Lipinski definition) is 1. The maximum Gasteiger partial charge on any atom is 0.248 e. The molecule has 0 saturated carbocycles. The van der Waals surface area contributed by atoms with E-state index in [9.17, 15) is 13.2 Å². The molecule has 2 aromatic carbocycles. The first-order chi connectivity index (χ1) is 13.1. The van der Waals surface area contributed by atoms with Crippen molar-refractivity contribution in [2.24, 2.45) is 0 Å². The van der Waals surface area contributed by atoms with Crippen molar-refractivity contribution in [3.05, 3.63) is 47.0 Å². The topological polar surface area (TPSA) is 84.9 Å². The highest BCUT2D eigenvalue weighted by molar-refractivity contribution is 7.92. The predicted octanol–water partition coefficient (Wildman–Crippen LogP) is 3.46. The molecule has 0 bridgehead atoms. The van der Waals surface area contributed by atoms with E-state index < -0.39 is 22.0 Å². The minimum Gasteiger partial charge on any atom is -0.495 e. The Morgan fingerprint density at radius 2 is 1.71 bits per heavy atom. The molecule has 1 atom stereocenters. The van der Waals surface area contributed by atoms with Crippen LogP contribution in [0.2, 0.25) is 5.02 Å². The number of anilines is 2. The first kappa shape index (κ1) is 21.8. The average molecular weight is 427 g/mol. The average Bonchev–Trinajstić information content (AvgIpc) is 2.61. The molecule has 2 aromatic rings. The van der Waals surface area contributed by atoms with Crippen LogP contribution in [-0.4, -0.2) is 40.8 Å². The van der Waals surface area contributed by atoms with Crippen LogP contribution in [0.15, 0.2) is 36.4 Å². The van der Waals surface area contributed by atoms with E-state index >= 15 is 0 Å². The van der Waals surface area contributed by atoms with Gasteiger partial charge in [0, 0.05) is 5.02 Å². The molecule has 9 heteroatoms. The fourth-order valence-corrected chi connectivity index (χ4v) is 4.11. The number of carbonyl (C=O) groups is 1. The summed E-state index contributed by atoms with van der Waals surface area (Å²) in [6.07, 6.45) is 1.02. The molecular formula is C19H23ClN2O5S. The van der Waals surface area contributed by atoms with E-state index in [0.717, 1.165) is 16.1 Å². The molecule has 2 rings (SSSR count). The van der Waals surface area contributed by atoms with Gasteiger partial charge < -0.3 is 14.8 Å². The van der Waals surface area contributed by atoms with Crippen molar-refractivity contribution < 1.29 is 22.7 Å². The summed E-state index contributed by atoms with van der Waals surface area (Å²) in [6, 6.07) is 8.80. The summed E-state index contributed by atoms with van der Waals surface area (Å²) in [5.41, 5.74) is 1.54. The van der Waals surface area contributed by atoms with Gasteiger partial charge in [-0.1, -0.05) is 17.7 Å². The lowest BCUT2D eigenvalue weighted by Gasteiger charge is -2.29. The fourth-order valence-electron chi connectivity index (χ4n) is 2.77. The molecule has 0 saturated heterocycles. The first-order valence-electron chi connectivity index (χ1n) is 8.37. The van der Waals surface area contributed by atoms with E-state index in [-0.39, 0.29) is 11.4 Å². The maximum absolute atomic E-state index is 12.9. The van der Waals surface area contributed by atoms with E-state index in [0.29, 0.717) is 16.5 Å². The standard InChI is InChI=1S/C19H23ClN2O5S/c1-12-6-8-17(26-3)15(10-12)21-19(23)13(2)22(28(5,24)25)16-11-14(20)7-9-18(16)27-4/h6-11,13H,1-5H3,(H,21,23). The zero-order valence-electron chi connectivity index (χ0n) is 16.3. The minimum atomic E-state index is -3.83. The molecule has 0 spiro atoms. The number of halogens is 1. The lowest BCUT2D eigenvalue weighted by molar-refractivity contribution is -0.116. The Labute approximate surface area is 170 Å². The van der Waals surface area contributed by atoms with Gasteiger partial charge in [0.25, 0.3) is 0 Å². The molecule has 0 heterocycles. The smallest absolute Gasteiger partial charge is 0.248 e. The second kappa shape index (κ2) is 8.70. The SMILES string of the molecule is COc1ccc(C)cc1NC(=O)C(C)N(c1cc(Cl)ccc1OC)S(C)(=O)=O.